The van der Waals surface area contributed by atoms with Gasteiger partial charge in [0.05, 0.1) is 0 Å². The number of aliphatic imine (C=N–C) groups is 1. The van der Waals surface area contributed by atoms with Gasteiger partial charge in [-0.15, -0.1) is 24.8 Å². The average Bonchev–Trinajstić information content (AvgIpc) is 2.37. The third-order valence-corrected chi connectivity index (χ3v) is 2.73. The first-order valence-corrected chi connectivity index (χ1v) is 6.13. The molecule has 0 saturated heterocycles. The number of carbonyl (C=O) groups excluding carboxylic acids is 1. The number of nitrogens with zero attached hydrogens (tertiary/aromatic N) is 2. The van der Waals surface area contributed by atoms with Crippen LogP contribution in [-0.2, 0) is 11.3 Å². The van der Waals surface area contributed by atoms with Crippen molar-refractivity contribution in [3.05, 3.63) is 23.8 Å². The molecule has 0 heterocycles. The van der Waals surface area contributed by atoms with Crippen LogP contribution in [0.3, 0.4) is 0 Å². The number of amides is 1. The normalized spacial score (nSPS) is 10.2. The molecule has 1 aromatic carbocycles. The van der Waals surface area contributed by atoms with Crippen LogP contribution >= 0.6 is 24.8 Å². The van der Waals surface area contributed by atoms with Crippen molar-refractivity contribution < 1.29 is 4.79 Å². The molecule has 5 N–H and O–H groups in total. The number of nitrogens with two attached hydrogens (primary N) is 2. The largest absolute Gasteiger partial charge is 0.370 e. The minimum absolute atomic E-state index is 0. The number of carbonyl (C=O) groups is 1. The number of guanidine groups is 1. The number of rotatable bonds is 4. The van der Waals surface area contributed by atoms with Crippen LogP contribution < -0.4 is 21.7 Å². The summed E-state index contributed by atoms with van der Waals surface area (Å²) in [5, 5.41) is 2.98. The summed E-state index contributed by atoms with van der Waals surface area (Å²) >= 11 is 0. The maximum absolute atomic E-state index is 11.4. The number of hydrogen-bond donors (Lipinski definition) is 3. The molecule has 1 rings (SSSR count). The van der Waals surface area contributed by atoms with Crippen molar-refractivity contribution in [2.45, 2.75) is 20.4 Å². The Bertz CT molecular complexity index is 493. The molecule has 6 nitrogen and oxygen atoms in total. The van der Waals surface area contributed by atoms with Gasteiger partial charge in [-0.25, -0.2) is 0 Å². The van der Waals surface area contributed by atoms with E-state index in [1.807, 2.05) is 25.1 Å². The van der Waals surface area contributed by atoms with Gasteiger partial charge in [0.1, 0.15) is 0 Å². The van der Waals surface area contributed by atoms with Crippen LogP contribution in [0.15, 0.2) is 23.2 Å². The molecule has 0 saturated carbocycles. The number of hydrogen-bond acceptors (Lipinski definition) is 3. The van der Waals surface area contributed by atoms with Crippen LogP contribution in [0, 0.1) is 0 Å². The molecule has 0 aromatic heterocycles. The van der Waals surface area contributed by atoms with E-state index in [4.69, 9.17) is 11.5 Å². The zero-order valence-electron chi connectivity index (χ0n) is 12.4. The topological polar surface area (TPSA) is 96.7 Å². The number of benzene rings is 1. The molecule has 120 valence electrons. The van der Waals surface area contributed by atoms with Crippen molar-refractivity contribution in [3.63, 3.8) is 0 Å². The summed E-state index contributed by atoms with van der Waals surface area (Å²) in [5.41, 5.74) is 13.9. The van der Waals surface area contributed by atoms with Crippen molar-refractivity contribution in [1.29, 1.82) is 0 Å². The second-order valence-electron chi connectivity index (χ2n) is 4.11. The SMILES string of the molecule is CCN=C(N)Nc1ccc(N(C)C(C)=O)c(CN)c1.Cl.Cl. The van der Waals surface area contributed by atoms with E-state index in [0.717, 1.165) is 16.9 Å². The van der Waals surface area contributed by atoms with Gasteiger partial charge in [0, 0.05) is 38.4 Å². The van der Waals surface area contributed by atoms with Crippen LogP contribution in [0.4, 0.5) is 11.4 Å². The van der Waals surface area contributed by atoms with Gasteiger partial charge in [-0.2, -0.15) is 0 Å². The molecule has 0 spiro atoms. The summed E-state index contributed by atoms with van der Waals surface area (Å²) in [4.78, 5) is 17.0. The lowest BCUT2D eigenvalue weighted by Gasteiger charge is -2.19. The second-order valence-corrected chi connectivity index (χ2v) is 4.11. The van der Waals surface area contributed by atoms with Crippen LogP contribution in [0.25, 0.3) is 0 Å². The molecule has 0 aliphatic carbocycles. The monoisotopic (exact) mass is 335 g/mol. The van der Waals surface area contributed by atoms with E-state index in [0.29, 0.717) is 19.0 Å². The van der Waals surface area contributed by atoms with Gasteiger partial charge in [0.25, 0.3) is 0 Å². The summed E-state index contributed by atoms with van der Waals surface area (Å²) in [7, 11) is 1.72. The third kappa shape index (κ3) is 6.20. The first kappa shape index (κ1) is 21.8. The summed E-state index contributed by atoms with van der Waals surface area (Å²) < 4.78 is 0. The molecular weight excluding hydrogens is 313 g/mol. The van der Waals surface area contributed by atoms with Crippen LogP contribution in [-0.4, -0.2) is 25.5 Å². The zero-order valence-corrected chi connectivity index (χ0v) is 14.1. The molecular formula is C13H23Cl2N5O. The fraction of sp³-hybridized carbons (Fsp3) is 0.385. The van der Waals surface area contributed by atoms with Crippen molar-refractivity contribution in [2.75, 3.05) is 23.8 Å². The van der Waals surface area contributed by atoms with E-state index in [9.17, 15) is 4.79 Å². The smallest absolute Gasteiger partial charge is 0.223 e. The fourth-order valence-corrected chi connectivity index (χ4v) is 1.68. The van der Waals surface area contributed by atoms with E-state index in [1.165, 1.54) is 6.92 Å². The standard InChI is InChI=1S/C13H21N5O.2ClH/c1-4-16-13(15)17-11-5-6-12(10(7-11)8-14)18(3)9(2)19;;/h5-7H,4,8,14H2,1-3H3,(H3,15,16,17);2*1H. The molecule has 21 heavy (non-hydrogen) atoms. The second kappa shape index (κ2) is 10.3. The summed E-state index contributed by atoms with van der Waals surface area (Å²) in [6, 6.07) is 5.55. The lowest BCUT2D eigenvalue weighted by atomic mass is 10.1. The maximum atomic E-state index is 11.4. The molecule has 8 heteroatoms. The van der Waals surface area contributed by atoms with E-state index in [-0.39, 0.29) is 30.7 Å². The first-order valence-electron chi connectivity index (χ1n) is 6.13. The van der Waals surface area contributed by atoms with Crippen molar-refractivity contribution in [1.82, 2.24) is 0 Å². The third-order valence-electron chi connectivity index (χ3n) is 2.73. The van der Waals surface area contributed by atoms with Crippen molar-refractivity contribution in [2.24, 2.45) is 16.5 Å². The highest BCUT2D eigenvalue weighted by atomic mass is 35.5. The zero-order chi connectivity index (χ0) is 14.4. The van der Waals surface area contributed by atoms with Crippen LogP contribution in [0.1, 0.15) is 19.4 Å². The number of nitrogens with one attached hydrogen (secondary N) is 1. The Labute approximate surface area is 137 Å². The van der Waals surface area contributed by atoms with E-state index >= 15 is 0 Å². The number of halogens is 2. The average molecular weight is 336 g/mol. The molecule has 0 aliphatic heterocycles. The molecule has 0 aliphatic rings. The quantitative estimate of drug-likeness (QED) is 0.576. The molecule has 0 radical (unpaired) electrons. The number of anilines is 2. The first-order chi connectivity index (χ1) is 8.99. The van der Waals surface area contributed by atoms with Crippen LogP contribution in [0.5, 0.6) is 0 Å². The molecule has 0 bridgehead atoms. The highest BCUT2D eigenvalue weighted by Crippen LogP contribution is 2.23. The highest BCUT2D eigenvalue weighted by molar-refractivity contribution is 5.94. The predicted octanol–water partition coefficient (Wildman–Crippen LogP) is 1.72. The predicted molar refractivity (Wildman–Crippen MR) is 93.7 cm³/mol. The minimum Gasteiger partial charge on any atom is -0.370 e. The minimum atomic E-state index is -0.0394. The Morgan fingerprint density at radius 2 is 2.00 bits per heavy atom. The van der Waals surface area contributed by atoms with Gasteiger partial charge in [0.2, 0.25) is 5.91 Å². The van der Waals surface area contributed by atoms with E-state index in [1.54, 1.807) is 11.9 Å². The Morgan fingerprint density at radius 3 is 2.48 bits per heavy atom. The Kier molecular flexibility index (Phi) is 10.6. The lowest BCUT2D eigenvalue weighted by Crippen LogP contribution is -2.25. The molecule has 1 amide bonds. The van der Waals surface area contributed by atoms with Gasteiger partial charge in [-0.3, -0.25) is 9.79 Å². The van der Waals surface area contributed by atoms with Gasteiger partial charge < -0.3 is 21.7 Å². The van der Waals surface area contributed by atoms with Gasteiger partial charge >= 0.3 is 0 Å². The Hall–Kier alpha value is -1.50. The summed E-state index contributed by atoms with van der Waals surface area (Å²) in [5.74, 6) is 0.320. The summed E-state index contributed by atoms with van der Waals surface area (Å²) in [6.07, 6.45) is 0. The Balaban J connectivity index is 0. The van der Waals surface area contributed by atoms with Gasteiger partial charge in [-0.1, -0.05) is 0 Å². The maximum Gasteiger partial charge on any atom is 0.223 e. The Morgan fingerprint density at radius 1 is 1.38 bits per heavy atom. The highest BCUT2D eigenvalue weighted by Gasteiger charge is 2.10. The van der Waals surface area contributed by atoms with Gasteiger partial charge in [-0.05, 0) is 30.7 Å². The fourth-order valence-electron chi connectivity index (χ4n) is 1.68. The molecule has 0 unspecified atom stereocenters. The molecule has 1 aromatic rings. The summed E-state index contributed by atoms with van der Waals surface area (Å²) in [6.45, 7) is 4.38. The van der Waals surface area contributed by atoms with Gasteiger partial charge in [0.15, 0.2) is 5.96 Å². The van der Waals surface area contributed by atoms with Crippen molar-refractivity contribution >= 4 is 48.1 Å². The van der Waals surface area contributed by atoms with E-state index < -0.39 is 0 Å². The lowest BCUT2D eigenvalue weighted by molar-refractivity contribution is -0.116. The van der Waals surface area contributed by atoms with Crippen LogP contribution in [0.2, 0.25) is 0 Å². The van der Waals surface area contributed by atoms with E-state index in [2.05, 4.69) is 10.3 Å². The van der Waals surface area contributed by atoms with Crippen molar-refractivity contribution in [3.8, 4) is 0 Å². The molecule has 0 atom stereocenters. The molecule has 0 fully saturated rings.